The van der Waals surface area contributed by atoms with Gasteiger partial charge in [0.1, 0.15) is 11.6 Å². The summed E-state index contributed by atoms with van der Waals surface area (Å²) < 4.78 is 12.9. The number of halogens is 2. The summed E-state index contributed by atoms with van der Waals surface area (Å²) in [6, 6.07) is 9.46. The number of thioether (sulfide) groups is 1. The van der Waals surface area contributed by atoms with Crippen molar-refractivity contribution < 1.29 is 9.18 Å². The van der Waals surface area contributed by atoms with Crippen LogP contribution in [0.25, 0.3) is 12.2 Å². The second-order valence-electron chi connectivity index (χ2n) is 5.48. The number of carbonyl (C=O) groups is 1. The Hall–Kier alpha value is -2.71. The average Bonchev–Trinajstić information content (AvgIpc) is 3.10. The van der Waals surface area contributed by atoms with E-state index < -0.39 is 5.25 Å². The van der Waals surface area contributed by atoms with E-state index >= 15 is 0 Å². The number of aromatic amines is 1. The van der Waals surface area contributed by atoms with E-state index in [1.165, 1.54) is 23.9 Å². The maximum atomic E-state index is 12.9. The van der Waals surface area contributed by atoms with Crippen LogP contribution in [0.5, 0.6) is 0 Å². The molecule has 2 N–H and O–H groups in total. The Morgan fingerprint density at radius 3 is 2.81 bits per heavy atom. The van der Waals surface area contributed by atoms with E-state index in [4.69, 9.17) is 11.6 Å². The molecule has 0 saturated carbocycles. The van der Waals surface area contributed by atoms with Gasteiger partial charge in [0.15, 0.2) is 5.15 Å². The second-order valence-corrected chi connectivity index (χ2v) is 7.15. The summed E-state index contributed by atoms with van der Waals surface area (Å²) in [6.45, 7) is 1.74. The largest absolute Gasteiger partial charge is 0.322 e. The fourth-order valence-electron chi connectivity index (χ4n) is 2.06. The Morgan fingerprint density at radius 1 is 1.30 bits per heavy atom. The highest BCUT2D eigenvalue weighted by Gasteiger charge is 2.18. The van der Waals surface area contributed by atoms with E-state index in [-0.39, 0.29) is 16.9 Å². The van der Waals surface area contributed by atoms with E-state index in [9.17, 15) is 9.18 Å². The van der Waals surface area contributed by atoms with E-state index in [0.717, 1.165) is 5.56 Å². The molecule has 2 aromatic heterocycles. The van der Waals surface area contributed by atoms with Crippen molar-refractivity contribution in [2.24, 2.45) is 0 Å². The number of aromatic nitrogens is 4. The molecule has 0 aliphatic rings. The molecular weight excluding hydrogens is 389 g/mol. The molecular formula is C18H15ClFN5OS. The van der Waals surface area contributed by atoms with Gasteiger partial charge in [-0.3, -0.25) is 9.89 Å². The van der Waals surface area contributed by atoms with Crippen LogP contribution in [-0.2, 0) is 4.79 Å². The van der Waals surface area contributed by atoms with Crippen molar-refractivity contribution in [2.45, 2.75) is 17.3 Å². The normalized spacial score (nSPS) is 12.3. The van der Waals surface area contributed by atoms with Crippen LogP contribution in [0, 0.1) is 5.82 Å². The Bertz CT molecular complexity index is 960. The highest BCUT2D eigenvalue weighted by Crippen LogP contribution is 2.23. The van der Waals surface area contributed by atoms with Gasteiger partial charge in [-0.05, 0) is 42.8 Å². The van der Waals surface area contributed by atoms with Gasteiger partial charge in [0.2, 0.25) is 11.1 Å². The Morgan fingerprint density at radius 2 is 2.07 bits per heavy atom. The number of carbonyl (C=O) groups excluding carboxylic acids is 1. The second kappa shape index (κ2) is 8.79. The first-order chi connectivity index (χ1) is 13.0. The van der Waals surface area contributed by atoms with Gasteiger partial charge >= 0.3 is 0 Å². The van der Waals surface area contributed by atoms with Gasteiger partial charge in [-0.2, -0.15) is 0 Å². The van der Waals surface area contributed by atoms with Crippen molar-refractivity contribution in [3.05, 3.63) is 65.0 Å². The summed E-state index contributed by atoms with van der Waals surface area (Å²) >= 11 is 7.15. The van der Waals surface area contributed by atoms with Crippen molar-refractivity contribution in [1.82, 2.24) is 20.2 Å². The lowest BCUT2D eigenvalue weighted by Gasteiger charge is -2.10. The van der Waals surface area contributed by atoms with Crippen molar-refractivity contribution in [3.63, 3.8) is 0 Å². The highest BCUT2D eigenvalue weighted by atomic mass is 35.5. The zero-order valence-electron chi connectivity index (χ0n) is 14.2. The molecule has 0 aliphatic carbocycles. The van der Waals surface area contributed by atoms with Gasteiger partial charge in [0, 0.05) is 6.20 Å². The zero-order chi connectivity index (χ0) is 19.2. The number of nitrogens with one attached hydrogen (secondary N) is 2. The summed E-state index contributed by atoms with van der Waals surface area (Å²) in [5.41, 5.74) is 1.29. The number of pyridine rings is 1. The number of rotatable bonds is 6. The molecule has 0 aliphatic heterocycles. The van der Waals surface area contributed by atoms with Crippen LogP contribution in [0.1, 0.15) is 18.3 Å². The van der Waals surface area contributed by atoms with Crippen LogP contribution in [0.15, 0.2) is 47.8 Å². The molecule has 9 heteroatoms. The summed E-state index contributed by atoms with van der Waals surface area (Å²) in [5, 5.41) is 9.83. The van der Waals surface area contributed by atoms with Crippen LogP contribution in [0.4, 0.5) is 10.1 Å². The minimum Gasteiger partial charge on any atom is -0.322 e. The van der Waals surface area contributed by atoms with Gasteiger partial charge in [0.25, 0.3) is 0 Å². The third-order valence-corrected chi connectivity index (χ3v) is 4.72. The highest BCUT2D eigenvalue weighted by molar-refractivity contribution is 8.00. The first-order valence-electron chi connectivity index (χ1n) is 7.95. The van der Waals surface area contributed by atoms with Crippen LogP contribution in [0.2, 0.25) is 5.15 Å². The van der Waals surface area contributed by atoms with Crippen LogP contribution >= 0.6 is 23.4 Å². The third kappa shape index (κ3) is 5.38. The number of nitrogens with zero attached hydrogens (tertiary/aromatic N) is 3. The summed E-state index contributed by atoms with van der Waals surface area (Å²) in [5.74, 6) is 0.0122. The standard InChI is InChI=1S/C18H15ClFN5OS/c1-11(17(26)22-14-3-2-10-21-16(14)19)27-18-23-15(24-25-18)9-6-12-4-7-13(20)8-5-12/h2-11H,1H3,(H,22,26)(H,23,24,25)/b9-6+/t11-/m1/s1. The van der Waals surface area contributed by atoms with Crippen LogP contribution in [-0.4, -0.2) is 31.3 Å². The monoisotopic (exact) mass is 403 g/mol. The van der Waals surface area contributed by atoms with Crippen LogP contribution in [0.3, 0.4) is 0 Å². The van der Waals surface area contributed by atoms with E-state index in [1.807, 2.05) is 0 Å². The topological polar surface area (TPSA) is 83.6 Å². The molecule has 1 amide bonds. The number of hydrogen-bond donors (Lipinski definition) is 2. The van der Waals surface area contributed by atoms with E-state index in [0.29, 0.717) is 16.7 Å². The molecule has 0 bridgehead atoms. The lowest BCUT2D eigenvalue weighted by Crippen LogP contribution is -2.22. The quantitative estimate of drug-likeness (QED) is 0.474. The molecule has 3 rings (SSSR count). The van der Waals surface area contributed by atoms with Gasteiger partial charge in [-0.25, -0.2) is 14.4 Å². The molecule has 0 fully saturated rings. The maximum Gasteiger partial charge on any atom is 0.237 e. The van der Waals surface area contributed by atoms with Crippen molar-refractivity contribution in [2.75, 3.05) is 5.32 Å². The maximum absolute atomic E-state index is 12.9. The number of anilines is 1. The Kier molecular flexibility index (Phi) is 6.20. The number of hydrogen-bond acceptors (Lipinski definition) is 5. The molecule has 138 valence electrons. The first kappa shape index (κ1) is 19.1. The molecule has 1 atom stereocenters. The molecule has 0 unspecified atom stereocenters. The third-order valence-electron chi connectivity index (χ3n) is 3.45. The summed E-state index contributed by atoms with van der Waals surface area (Å²) in [6.07, 6.45) is 5.06. The Balaban J connectivity index is 1.58. The smallest absolute Gasteiger partial charge is 0.237 e. The molecule has 3 aromatic rings. The summed E-state index contributed by atoms with van der Waals surface area (Å²) in [4.78, 5) is 20.5. The predicted octanol–water partition coefficient (Wildman–Crippen LogP) is 4.28. The molecule has 0 saturated heterocycles. The minimum absolute atomic E-state index is 0.231. The van der Waals surface area contributed by atoms with Gasteiger partial charge in [-0.15, -0.1) is 5.10 Å². The fourth-order valence-corrected chi connectivity index (χ4v) is 2.96. The lowest BCUT2D eigenvalue weighted by molar-refractivity contribution is -0.115. The molecule has 1 aromatic carbocycles. The molecule has 0 spiro atoms. The predicted molar refractivity (Wildman–Crippen MR) is 105 cm³/mol. The average molecular weight is 404 g/mol. The Labute approximate surface area is 164 Å². The van der Waals surface area contributed by atoms with Gasteiger partial charge in [0.05, 0.1) is 10.9 Å². The number of benzene rings is 1. The van der Waals surface area contributed by atoms with Gasteiger partial charge in [-0.1, -0.05) is 41.6 Å². The van der Waals surface area contributed by atoms with Gasteiger partial charge < -0.3 is 5.32 Å². The van der Waals surface area contributed by atoms with Crippen LogP contribution < -0.4 is 5.32 Å². The van der Waals surface area contributed by atoms with Crippen molar-refractivity contribution >= 4 is 47.1 Å². The molecule has 6 nitrogen and oxygen atoms in total. The molecule has 2 heterocycles. The summed E-state index contributed by atoms with van der Waals surface area (Å²) in [7, 11) is 0. The molecule has 0 radical (unpaired) electrons. The van der Waals surface area contributed by atoms with E-state index in [1.54, 1.807) is 49.5 Å². The first-order valence-corrected chi connectivity index (χ1v) is 9.21. The lowest BCUT2D eigenvalue weighted by atomic mass is 10.2. The van der Waals surface area contributed by atoms with Crippen molar-refractivity contribution in [1.29, 1.82) is 0 Å². The minimum atomic E-state index is -0.439. The van der Waals surface area contributed by atoms with E-state index in [2.05, 4.69) is 25.5 Å². The number of H-pyrrole nitrogens is 1. The zero-order valence-corrected chi connectivity index (χ0v) is 15.8. The van der Waals surface area contributed by atoms with Crippen molar-refractivity contribution in [3.8, 4) is 0 Å². The number of amides is 1. The SMILES string of the molecule is C[C@@H](Sc1n[nH]c(/C=C/c2ccc(F)cc2)n1)C(=O)Nc1cccnc1Cl. The molecule has 27 heavy (non-hydrogen) atoms. The fraction of sp³-hybridized carbons (Fsp3) is 0.111.